The summed E-state index contributed by atoms with van der Waals surface area (Å²) in [5.41, 5.74) is 0.351. The minimum absolute atomic E-state index is 0.0538. The zero-order valence-electron chi connectivity index (χ0n) is 10.9. The average Bonchev–Trinajstić information content (AvgIpc) is 2.41. The molecule has 2 heterocycles. The van der Waals surface area contributed by atoms with Gasteiger partial charge in [-0.1, -0.05) is 17.3 Å². The Labute approximate surface area is 116 Å². The fourth-order valence-corrected chi connectivity index (χ4v) is 4.41. The lowest BCUT2D eigenvalue weighted by Gasteiger charge is -2.21. The number of hydrogen-bond donors (Lipinski definition) is 0. The van der Waals surface area contributed by atoms with E-state index in [0.717, 1.165) is 6.42 Å². The maximum absolute atomic E-state index is 12.3. The third-order valence-electron chi connectivity index (χ3n) is 3.62. The zero-order valence-corrected chi connectivity index (χ0v) is 11.7. The Balaban J connectivity index is 1.92. The van der Waals surface area contributed by atoms with Gasteiger partial charge >= 0.3 is 0 Å². The molecule has 0 aliphatic carbocycles. The first kappa shape index (κ1) is 13.2. The first-order valence-corrected chi connectivity index (χ1v) is 8.40. The Morgan fingerprint density at radius 3 is 2.90 bits per heavy atom. The smallest absolute Gasteiger partial charge is 0.267 e. The monoisotopic (exact) mass is 293 g/mol. The van der Waals surface area contributed by atoms with Gasteiger partial charge in [-0.25, -0.2) is 13.1 Å². The molecule has 0 bridgehead atoms. The Hall–Kier alpha value is -1.76. The molecule has 106 valence electrons. The fraction of sp³-hybridized carbons (Fsp3) is 0.462. The van der Waals surface area contributed by atoms with E-state index >= 15 is 0 Å². The third kappa shape index (κ3) is 2.58. The quantitative estimate of drug-likeness (QED) is 0.810. The van der Waals surface area contributed by atoms with Gasteiger partial charge < -0.3 is 0 Å². The molecule has 1 unspecified atom stereocenters. The van der Waals surface area contributed by atoms with E-state index in [-0.39, 0.29) is 23.0 Å². The highest BCUT2D eigenvalue weighted by Crippen LogP contribution is 2.19. The summed E-state index contributed by atoms with van der Waals surface area (Å²) in [6.07, 6.45) is 1.46. The predicted molar refractivity (Wildman–Crippen MR) is 75.2 cm³/mol. The first-order chi connectivity index (χ1) is 9.55. The van der Waals surface area contributed by atoms with Crippen LogP contribution in [0.15, 0.2) is 29.1 Å². The number of fused-ring (bicyclic) bond motifs is 1. The zero-order chi connectivity index (χ0) is 14.2. The molecule has 1 aromatic heterocycles. The van der Waals surface area contributed by atoms with Crippen LogP contribution in [0.3, 0.4) is 0 Å². The summed E-state index contributed by atoms with van der Waals surface area (Å²) in [5, 5.41) is 8.43. The van der Waals surface area contributed by atoms with E-state index < -0.39 is 9.84 Å². The van der Waals surface area contributed by atoms with Gasteiger partial charge in [-0.3, -0.25) is 4.79 Å². The number of hydrogen-bond acceptors (Lipinski definition) is 5. The summed E-state index contributed by atoms with van der Waals surface area (Å²) < 4.78 is 24.5. The summed E-state index contributed by atoms with van der Waals surface area (Å²) in [6, 6.07) is 7.02. The van der Waals surface area contributed by atoms with Crippen molar-refractivity contribution in [2.24, 2.45) is 5.92 Å². The minimum atomic E-state index is -2.97. The molecule has 1 aliphatic heterocycles. The molecule has 2 aromatic rings. The predicted octanol–water partition coefficient (Wildman–Crippen LogP) is 0.616. The second kappa shape index (κ2) is 4.97. The lowest BCUT2D eigenvalue weighted by atomic mass is 10.1. The molecule has 1 atom stereocenters. The average molecular weight is 293 g/mol. The maximum Gasteiger partial charge on any atom is 0.277 e. The lowest BCUT2D eigenvalue weighted by Crippen LogP contribution is -2.33. The summed E-state index contributed by atoms with van der Waals surface area (Å²) >= 11 is 0. The van der Waals surface area contributed by atoms with Crippen LogP contribution in [-0.4, -0.2) is 34.9 Å². The van der Waals surface area contributed by atoms with Crippen LogP contribution in [0.1, 0.15) is 12.8 Å². The molecule has 20 heavy (non-hydrogen) atoms. The standard InChI is InChI=1S/C13H15N3O3S/c17-13-11-5-1-2-6-12(11)14-15-16(13)8-10-4-3-7-20(18,19)9-10/h1-2,5-6,10H,3-4,7-9H2. The van der Waals surface area contributed by atoms with Gasteiger partial charge in [0.05, 0.1) is 23.4 Å². The van der Waals surface area contributed by atoms with Crippen molar-refractivity contribution in [3.8, 4) is 0 Å². The van der Waals surface area contributed by atoms with Crippen molar-refractivity contribution >= 4 is 20.7 Å². The Morgan fingerprint density at radius 2 is 2.10 bits per heavy atom. The Morgan fingerprint density at radius 1 is 1.30 bits per heavy atom. The Kier molecular flexibility index (Phi) is 3.29. The van der Waals surface area contributed by atoms with E-state index in [1.165, 1.54) is 4.68 Å². The number of aromatic nitrogens is 3. The minimum Gasteiger partial charge on any atom is -0.267 e. The molecule has 0 amide bonds. The number of benzene rings is 1. The number of rotatable bonds is 2. The van der Waals surface area contributed by atoms with Gasteiger partial charge in [0.1, 0.15) is 5.52 Å². The highest BCUT2D eigenvalue weighted by Gasteiger charge is 2.25. The van der Waals surface area contributed by atoms with Crippen LogP contribution in [0.25, 0.3) is 10.9 Å². The molecule has 0 N–H and O–H groups in total. The number of nitrogens with zero attached hydrogens (tertiary/aromatic N) is 3. The summed E-state index contributed by atoms with van der Waals surface area (Å²) in [4.78, 5) is 12.3. The van der Waals surface area contributed by atoms with Crippen molar-refractivity contribution in [3.63, 3.8) is 0 Å². The highest BCUT2D eigenvalue weighted by molar-refractivity contribution is 7.91. The third-order valence-corrected chi connectivity index (χ3v) is 5.51. The van der Waals surface area contributed by atoms with E-state index in [9.17, 15) is 13.2 Å². The number of sulfone groups is 1. The molecule has 6 nitrogen and oxygen atoms in total. The normalized spacial score (nSPS) is 21.9. The Bertz CT molecular complexity index is 798. The molecule has 7 heteroatoms. The second-order valence-corrected chi connectivity index (χ2v) is 7.45. The second-order valence-electron chi connectivity index (χ2n) is 5.22. The van der Waals surface area contributed by atoms with Gasteiger partial charge in [0.25, 0.3) is 5.56 Å². The highest BCUT2D eigenvalue weighted by atomic mass is 32.2. The molecule has 1 saturated heterocycles. The lowest BCUT2D eigenvalue weighted by molar-refractivity contribution is 0.388. The van der Waals surface area contributed by atoms with E-state index in [1.807, 2.05) is 0 Å². The molecule has 3 rings (SSSR count). The largest absolute Gasteiger partial charge is 0.277 e. The van der Waals surface area contributed by atoms with Crippen molar-refractivity contribution in [2.45, 2.75) is 19.4 Å². The van der Waals surface area contributed by atoms with Crippen LogP contribution in [0.4, 0.5) is 0 Å². The topological polar surface area (TPSA) is 81.9 Å². The van der Waals surface area contributed by atoms with Gasteiger partial charge in [0, 0.05) is 0 Å². The molecule has 1 fully saturated rings. The molecule has 0 spiro atoms. The fourth-order valence-electron chi connectivity index (χ4n) is 2.65. The van der Waals surface area contributed by atoms with Crippen molar-refractivity contribution in [3.05, 3.63) is 34.6 Å². The van der Waals surface area contributed by atoms with Gasteiger partial charge in [0.2, 0.25) is 0 Å². The van der Waals surface area contributed by atoms with Gasteiger partial charge in [-0.05, 0) is 30.9 Å². The van der Waals surface area contributed by atoms with Gasteiger partial charge in [0.15, 0.2) is 9.84 Å². The van der Waals surface area contributed by atoms with Gasteiger partial charge in [-0.2, -0.15) is 0 Å². The molecule has 0 saturated carbocycles. The molecular formula is C13H15N3O3S. The summed E-state index contributed by atoms with van der Waals surface area (Å²) in [5.74, 6) is 0.331. The maximum atomic E-state index is 12.3. The van der Waals surface area contributed by atoms with Crippen molar-refractivity contribution < 1.29 is 8.42 Å². The van der Waals surface area contributed by atoms with Crippen LogP contribution < -0.4 is 5.56 Å². The summed E-state index contributed by atoms with van der Waals surface area (Å²) in [6.45, 7) is 0.315. The first-order valence-electron chi connectivity index (χ1n) is 6.58. The van der Waals surface area contributed by atoms with Crippen molar-refractivity contribution in [2.75, 3.05) is 11.5 Å². The van der Waals surface area contributed by atoms with Crippen LogP contribution in [-0.2, 0) is 16.4 Å². The van der Waals surface area contributed by atoms with Crippen LogP contribution in [0.2, 0.25) is 0 Å². The van der Waals surface area contributed by atoms with E-state index in [2.05, 4.69) is 10.3 Å². The van der Waals surface area contributed by atoms with Crippen LogP contribution >= 0.6 is 0 Å². The van der Waals surface area contributed by atoms with Crippen LogP contribution in [0.5, 0.6) is 0 Å². The SMILES string of the molecule is O=c1c2ccccc2nnn1CC1CCCS(=O)(=O)C1. The van der Waals surface area contributed by atoms with E-state index in [1.54, 1.807) is 24.3 Å². The molecule has 1 aliphatic rings. The van der Waals surface area contributed by atoms with E-state index in [0.29, 0.717) is 23.9 Å². The summed E-state index contributed by atoms with van der Waals surface area (Å²) in [7, 11) is -2.97. The molecule has 0 radical (unpaired) electrons. The van der Waals surface area contributed by atoms with Gasteiger partial charge in [-0.15, -0.1) is 5.10 Å². The van der Waals surface area contributed by atoms with Crippen LogP contribution in [0, 0.1) is 5.92 Å². The van der Waals surface area contributed by atoms with Crippen molar-refractivity contribution in [1.82, 2.24) is 15.0 Å². The molecule has 1 aromatic carbocycles. The van der Waals surface area contributed by atoms with E-state index in [4.69, 9.17) is 0 Å². The molecular weight excluding hydrogens is 278 g/mol. The van der Waals surface area contributed by atoms with Crippen molar-refractivity contribution in [1.29, 1.82) is 0 Å².